The number of nitrogens with zero attached hydrogens (tertiary/aromatic N) is 3. The molecule has 2 aromatic heterocycles. The number of aliphatic hydroxyl groups excluding tert-OH is 1. The molecule has 7 heteroatoms. The predicted molar refractivity (Wildman–Crippen MR) is 151 cm³/mol. The molecule has 200 valence electrons. The number of fused-ring (bicyclic) bond motifs is 1. The van der Waals surface area contributed by atoms with Gasteiger partial charge in [-0.15, -0.1) is 0 Å². The summed E-state index contributed by atoms with van der Waals surface area (Å²) in [5.74, 6) is -0.870. The van der Waals surface area contributed by atoms with Crippen LogP contribution in [0, 0.1) is 13.8 Å². The highest BCUT2D eigenvalue weighted by Crippen LogP contribution is 2.40. The van der Waals surface area contributed by atoms with Crippen molar-refractivity contribution in [2.45, 2.75) is 46.1 Å². The molecule has 1 N–H and O–H groups in total. The van der Waals surface area contributed by atoms with E-state index in [2.05, 4.69) is 11.9 Å². The molecule has 1 aliphatic heterocycles. The van der Waals surface area contributed by atoms with Gasteiger partial charge in [0.2, 0.25) is 0 Å². The molecular weight excluding hydrogens is 490 g/mol. The molecule has 4 aromatic rings. The maximum atomic E-state index is 13.5. The lowest BCUT2D eigenvalue weighted by Crippen LogP contribution is -2.31. The number of carbonyl (C=O) groups excluding carboxylic acids is 2. The fourth-order valence-corrected chi connectivity index (χ4v) is 5.11. The minimum atomic E-state index is -0.747. The van der Waals surface area contributed by atoms with Crippen molar-refractivity contribution in [1.29, 1.82) is 0 Å². The molecule has 1 atom stereocenters. The van der Waals surface area contributed by atoms with Gasteiger partial charge in [-0.1, -0.05) is 61.9 Å². The summed E-state index contributed by atoms with van der Waals surface area (Å²) in [6, 6.07) is 20.4. The average Bonchev–Trinajstić information content (AvgIpc) is 3.42. The Bertz CT molecular complexity index is 1540. The largest absolute Gasteiger partial charge is 0.505 e. The number of imidazole rings is 1. The number of rotatable bonds is 9. The molecule has 1 unspecified atom stereocenters. The summed E-state index contributed by atoms with van der Waals surface area (Å²) in [5.41, 5.74) is 4.47. The van der Waals surface area contributed by atoms with Crippen LogP contribution in [0.3, 0.4) is 0 Å². The topological polar surface area (TPSA) is 84.1 Å². The van der Waals surface area contributed by atoms with Crippen LogP contribution in [0.15, 0.2) is 78.5 Å². The molecule has 7 nitrogen and oxygen atoms in total. The Balaban J connectivity index is 1.58. The lowest BCUT2D eigenvalue weighted by Gasteiger charge is -2.25. The van der Waals surface area contributed by atoms with Crippen LogP contribution >= 0.6 is 0 Å². The Kier molecular flexibility index (Phi) is 7.50. The van der Waals surface area contributed by atoms with Gasteiger partial charge in [0, 0.05) is 12.7 Å². The number of likely N-dealkylation sites (tertiary alicyclic amines) is 1. The van der Waals surface area contributed by atoms with E-state index in [1.165, 1.54) is 0 Å². The highest BCUT2D eigenvalue weighted by atomic mass is 16.5. The van der Waals surface area contributed by atoms with E-state index >= 15 is 0 Å². The lowest BCUT2D eigenvalue weighted by atomic mass is 9.96. The second kappa shape index (κ2) is 11.2. The van der Waals surface area contributed by atoms with E-state index < -0.39 is 17.7 Å². The molecule has 0 aliphatic carbocycles. The van der Waals surface area contributed by atoms with Crippen LogP contribution in [-0.4, -0.2) is 44.2 Å². The fourth-order valence-electron chi connectivity index (χ4n) is 5.11. The number of ketones is 1. The van der Waals surface area contributed by atoms with Crippen LogP contribution in [0.4, 0.5) is 0 Å². The Hall–Kier alpha value is -4.39. The zero-order valence-corrected chi connectivity index (χ0v) is 22.6. The van der Waals surface area contributed by atoms with Gasteiger partial charge >= 0.3 is 0 Å². The van der Waals surface area contributed by atoms with Crippen LogP contribution in [0.5, 0.6) is 5.75 Å². The Morgan fingerprint density at radius 3 is 2.44 bits per heavy atom. The van der Waals surface area contributed by atoms with Gasteiger partial charge in [-0.05, 0) is 61.6 Å². The normalized spacial score (nSPS) is 16.8. The first-order valence-electron chi connectivity index (χ1n) is 13.4. The van der Waals surface area contributed by atoms with Crippen LogP contribution in [-0.2, 0) is 16.0 Å². The summed E-state index contributed by atoms with van der Waals surface area (Å²) in [5, 5.41) is 11.6. The number of aliphatic hydroxyl groups is 1. The minimum absolute atomic E-state index is 0.0527. The summed E-state index contributed by atoms with van der Waals surface area (Å²) in [6.07, 6.45) is 4.44. The summed E-state index contributed by atoms with van der Waals surface area (Å²) in [4.78, 5) is 33.1. The number of pyridine rings is 1. The number of benzene rings is 2. The molecule has 0 radical (unpaired) electrons. The summed E-state index contributed by atoms with van der Waals surface area (Å²) in [6.45, 7) is 6.85. The second-order valence-corrected chi connectivity index (χ2v) is 9.93. The summed E-state index contributed by atoms with van der Waals surface area (Å²) >= 11 is 0. The quantitative estimate of drug-likeness (QED) is 0.130. The van der Waals surface area contributed by atoms with Crippen molar-refractivity contribution < 1.29 is 19.4 Å². The highest BCUT2D eigenvalue weighted by Gasteiger charge is 2.46. The molecule has 0 spiro atoms. The van der Waals surface area contributed by atoms with Crippen molar-refractivity contribution in [3.63, 3.8) is 0 Å². The van der Waals surface area contributed by atoms with Crippen LogP contribution in [0.1, 0.15) is 53.9 Å². The third-order valence-electron chi connectivity index (χ3n) is 7.29. The van der Waals surface area contributed by atoms with E-state index in [-0.39, 0.29) is 11.3 Å². The number of amides is 1. The van der Waals surface area contributed by atoms with Crippen molar-refractivity contribution in [3.8, 4) is 5.75 Å². The molecule has 1 aliphatic rings. The first kappa shape index (κ1) is 26.2. The lowest BCUT2D eigenvalue weighted by molar-refractivity contribution is -0.139. The number of hydrogen-bond donors (Lipinski definition) is 1. The van der Waals surface area contributed by atoms with E-state index in [9.17, 15) is 14.7 Å². The molecule has 39 heavy (non-hydrogen) atoms. The maximum Gasteiger partial charge on any atom is 0.295 e. The third kappa shape index (κ3) is 5.04. The molecule has 2 aromatic carbocycles. The number of unbranched alkanes of at least 4 members (excludes halogenated alkanes) is 1. The molecular formula is C32H33N3O4. The highest BCUT2D eigenvalue weighted by molar-refractivity contribution is 6.46. The van der Waals surface area contributed by atoms with Crippen LogP contribution in [0.2, 0.25) is 0 Å². The predicted octanol–water partition coefficient (Wildman–Crippen LogP) is 5.79. The zero-order chi connectivity index (χ0) is 27.5. The van der Waals surface area contributed by atoms with Gasteiger partial charge in [-0.2, -0.15) is 0 Å². The Morgan fingerprint density at radius 1 is 1.00 bits per heavy atom. The van der Waals surface area contributed by atoms with Gasteiger partial charge in [0.15, 0.2) is 5.76 Å². The number of aryl methyl sites for hydroxylation is 2. The van der Waals surface area contributed by atoms with Gasteiger partial charge in [0.25, 0.3) is 11.7 Å². The molecule has 3 heterocycles. The number of aromatic nitrogens is 2. The van der Waals surface area contributed by atoms with Gasteiger partial charge in [0.1, 0.15) is 17.1 Å². The first-order valence-corrected chi connectivity index (χ1v) is 13.4. The van der Waals surface area contributed by atoms with Crippen molar-refractivity contribution in [3.05, 3.63) is 107 Å². The van der Waals surface area contributed by atoms with Crippen molar-refractivity contribution in [1.82, 2.24) is 14.3 Å². The Labute approximate surface area is 228 Å². The van der Waals surface area contributed by atoms with Gasteiger partial charge in [0.05, 0.1) is 23.9 Å². The van der Waals surface area contributed by atoms with Crippen LogP contribution < -0.4 is 4.74 Å². The number of carbonyl (C=O) groups is 2. The maximum absolute atomic E-state index is 13.5. The van der Waals surface area contributed by atoms with E-state index in [1.807, 2.05) is 91.2 Å². The average molecular weight is 524 g/mol. The minimum Gasteiger partial charge on any atom is -0.505 e. The smallest absolute Gasteiger partial charge is 0.295 e. The van der Waals surface area contributed by atoms with E-state index in [1.54, 1.807) is 4.90 Å². The fraction of sp³-hybridized carbons (Fsp3) is 0.281. The molecule has 1 saturated heterocycles. The third-order valence-corrected chi connectivity index (χ3v) is 7.29. The number of Topliss-reactive ketones (excluding diaryl/α,β-unsaturated/α-hetero) is 1. The van der Waals surface area contributed by atoms with Gasteiger partial charge < -0.3 is 19.1 Å². The van der Waals surface area contributed by atoms with E-state index in [0.29, 0.717) is 36.6 Å². The van der Waals surface area contributed by atoms with Gasteiger partial charge in [-0.3, -0.25) is 9.59 Å². The summed E-state index contributed by atoms with van der Waals surface area (Å²) < 4.78 is 7.70. The standard InChI is InChI=1S/C32H33N3O4/c1-4-5-20-39-25-15-13-24(14-16-25)28-26(29(36)27-22(3)34-18-9-10-21(2)31(34)33-27)30(37)32(38)35(28)19-17-23-11-7-6-8-12-23/h6-16,18,28,36H,4-5,17,19-20H2,1-3H3/b29-26+. The molecule has 5 rings (SSSR count). The number of hydrogen-bond acceptors (Lipinski definition) is 5. The monoisotopic (exact) mass is 523 g/mol. The zero-order valence-electron chi connectivity index (χ0n) is 22.6. The SMILES string of the molecule is CCCCOc1ccc(C2/C(=C(\O)c3nc4c(C)cccn4c3C)C(=O)C(=O)N2CCc2ccccc2)cc1. The Morgan fingerprint density at radius 2 is 1.74 bits per heavy atom. The molecule has 0 bridgehead atoms. The van der Waals surface area contributed by atoms with Crippen molar-refractivity contribution >= 4 is 23.1 Å². The molecule has 1 fully saturated rings. The number of ether oxygens (including phenoxy) is 1. The first-order chi connectivity index (χ1) is 18.9. The molecule has 0 saturated carbocycles. The second-order valence-electron chi connectivity index (χ2n) is 9.93. The summed E-state index contributed by atoms with van der Waals surface area (Å²) in [7, 11) is 0. The van der Waals surface area contributed by atoms with E-state index in [0.717, 1.165) is 35.3 Å². The van der Waals surface area contributed by atoms with Crippen molar-refractivity contribution in [2.75, 3.05) is 13.2 Å². The van der Waals surface area contributed by atoms with Crippen LogP contribution in [0.25, 0.3) is 11.4 Å². The van der Waals surface area contributed by atoms with Gasteiger partial charge in [-0.25, -0.2) is 4.98 Å². The molecule has 1 amide bonds. The van der Waals surface area contributed by atoms with Crippen molar-refractivity contribution in [2.24, 2.45) is 0 Å². The van der Waals surface area contributed by atoms with E-state index in [4.69, 9.17) is 4.74 Å².